The van der Waals surface area contributed by atoms with E-state index in [9.17, 15) is 9.18 Å². The maximum Gasteiger partial charge on any atom is 0.414 e. The van der Waals surface area contributed by atoms with E-state index >= 15 is 0 Å². The molecular formula is C19H20ClFN2O2. The zero-order chi connectivity index (χ0) is 18.0. The van der Waals surface area contributed by atoms with Crippen molar-refractivity contribution in [1.82, 2.24) is 4.90 Å². The van der Waals surface area contributed by atoms with Crippen LogP contribution < -0.4 is 4.90 Å². The highest BCUT2D eigenvalue weighted by Crippen LogP contribution is 2.33. The lowest BCUT2D eigenvalue weighted by atomic mass is 10.0. The van der Waals surface area contributed by atoms with Gasteiger partial charge in [-0.25, -0.2) is 9.18 Å². The molecule has 0 aromatic heterocycles. The number of carbonyl (C=O) groups excluding carboxylic acids is 1. The summed E-state index contributed by atoms with van der Waals surface area (Å²) in [6.45, 7) is 1.64. The van der Waals surface area contributed by atoms with Gasteiger partial charge in [0.1, 0.15) is 11.9 Å². The molecule has 0 aliphatic carbocycles. The fourth-order valence-corrected chi connectivity index (χ4v) is 3.19. The van der Waals surface area contributed by atoms with E-state index in [2.05, 4.69) is 4.90 Å². The van der Waals surface area contributed by atoms with Crippen molar-refractivity contribution in [1.29, 1.82) is 0 Å². The number of hydrogen-bond donors (Lipinski definition) is 0. The average molecular weight is 363 g/mol. The Morgan fingerprint density at radius 1 is 1.32 bits per heavy atom. The molecule has 1 saturated heterocycles. The van der Waals surface area contributed by atoms with E-state index in [1.807, 2.05) is 13.1 Å². The summed E-state index contributed by atoms with van der Waals surface area (Å²) in [6.07, 6.45) is 0.255. The molecular weight excluding hydrogens is 343 g/mol. The zero-order valence-corrected chi connectivity index (χ0v) is 15.0. The minimum absolute atomic E-state index is 0.116. The average Bonchev–Trinajstić information content (AvgIpc) is 2.99. The van der Waals surface area contributed by atoms with Gasteiger partial charge in [0.2, 0.25) is 0 Å². The molecule has 0 N–H and O–H groups in total. The first-order valence-electron chi connectivity index (χ1n) is 8.12. The summed E-state index contributed by atoms with van der Waals surface area (Å²) in [4.78, 5) is 16.0. The van der Waals surface area contributed by atoms with Crippen LogP contribution in [-0.4, -0.2) is 44.3 Å². The number of anilines is 1. The van der Waals surface area contributed by atoms with Gasteiger partial charge in [-0.05, 0) is 49.4 Å². The predicted molar refractivity (Wildman–Crippen MR) is 97.6 cm³/mol. The number of benzene rings is 2. The first-order valence-corrected chi connectivity index (χ1v) is 8.50. The second-order valence-electron chi connectivity index (χ2n) is 6.29. The Balaban J connectivity index is 1.87. The van der Waals surface area contributed by atoms with Gasteiger partial charge in [-0.15, -0.1) is 0 Å². The molecule has 0 spiro atoms. The van der Waals surface area contributed by atoms with Crippen LogP contribution in [0.25, 0.3) is 11.1 Å². The Morgan fingerprint density at radius 2 is 2.12 bits per heavy atom. The van der Waals surface area contributed by atoms with Crippen molar-refractivity contribution in [2.24, 2.45) is 0 Å². The van der Waals surface area contributed by atoms with Crippen molar-refractivity contribution in [3.05, 3.63) is 53.3 Å². The smallest absolute Gasteiger partial charge is 0.414 e. The highest BCUT2D eigenvalue weighted by atomic mass is 35.5. The minimum Gasteiger partial charge on any atom is -0.444 e. The van der Waals surface area contributed by atoms with Crippen LogP contribution in [0.2, 0.25) is 5.02 Å². The van der Waals surface area contributed by atoms with Crippen molar-refractivity contribution in [2.75, 3.05) is 32.1 Å². The lowest BCUT2D eigenvalue weighted by Crippen LogP contribution is -2.32. The number of nitrogens with zero attached hydrogens (tertiary/aromatic N) is 2. The monoisotopic (exact) mass is 362 g/mol. The quantitative estimate of drug-likeness (QED) is 0.810. The summed E-state index contributed by atoms with van der Waals surface area (Å²) in [5, 5.41) is 0.548. The number of carbonyl (C=O) groups is 1. The Kier molecular flexibility index (Phi) is 5.25. The maximum absolute atomic E-state index is 13.8. The van der Waals surface area contributed by atoms with Gasteiger partial charge in [-0.2, -0.15) is 0 Å². The van der Waals surface area contributed by atoms with Crippen LogP contribution >= 0.6 is 11.6 Å². The molecule has 1 heterocycles. The number of likely N-dealkylation sites (N-methyl/N-ethyl adjacent to an activating group) is 1. The van der Waals surface area contributed by atoms with Crippen LogP contribution in [0, 0.1) is 5.82 Å². The fourth-order valence-electron chi connectivity index (χ4n) is 3.00. The molecule has 0 bridgehead atoms. The minimum atomic E-state index is -0.449. The van der Waals surface area contributed by atoms with Gasteiger partial charge in [0, 0.05) is 30.7 Å². The molecule has 2 aromatic rings. The third-order valence-corrected chi connectivity index (χ3v) is 4.58. The molecule has 1 fully saturated rings. The normalized spacial score (nSPS) is 17.5. The van der Waals surface area contributed by atoms with E-state index in [4.69, 9.17) is 16.3 Å². The van der Waals surface area contributed by atoms with Gasteiger partial charge in [0.25, 0.3) is 0 Å². The van der Waals surface area contributed by atoms with Crippen molar-refractivity contribution in [3.8, 4) is 11.1 Å². The first-order chi connectivity index (χ1) is 11.9. The van der Waals surface area contributed by atoms with E-state index < -0.39 is 6.09 Å². The third-order valence-electron chi connectivity index (χ3n) is 4.35. The van der Waals surface area contributed by atoms with Gasteiger partial charge < -0.3 is 9.64 Å². The fraction of sp³-hybridized carbons (Fsp3) is 0.316. The lowest BCUT2D eigenvalue weighted by Gasteiger charge is -2.23. The van der Waals surface area contributed by atoms with Crippen LogP contribution in [0.15, 0.2) is 42.5 Å². The van der Waals surface area contributed by atoms with Gasteiger partial charge in [0.05, 0.1) is 5.69 Å². The molecule has 4 nitrogen and oxygen atoms in total. The van der Waals surface area contributed by atoms with E-state index in [-0.39, 0.29) is 11.9 Å². The second kappa shape index (κ2) is 7.42. The number of likely N-dealkylation sites (tertiary alicyclic amines) is 1. The van der Waals surface area contributed by atoms with Crippen molar-refractivity contribution in [3.63, 3.8) is 0 Å². The highest BCUT2D eigenvalue weighted by molar-refractivity contribution is 6.30. The van der Waals surface area contributed by atoms with Crippen LogP contribution in [0.3, 0.4) is 0 Å². The van der Waals surface area contributed by atoms with E-state index in [1.165, 1.54) is 17.0 Å². The Morgan fingerprint density at radius 3 is 2.80 bits per heavy atom. The summed E-state index contributed by atoms with van der Waals surface area (Å²) < 4.78 is 19.4. The topological polar surface area (TPSA) is 32.8 Å². The molecule has 0 radical (unpaired) electrons. The molecule has 25 heavy (non-hydrogen) atoms. The predicted octanol–water partition coefficient (Wildman–Crippen LogP) is 4.42. The number of ether oxygens (including phenoxy) is 1. The zero-order valence-electron chi connectivity index (χ0n) is 14.2. The molecule has 6 heteroatoms. The molecule has 3 rings (SSSR count). The number of halogens is 2. The summed E-state index contributed by atoms with van der Waals surface area (Å²) in [5.74, 6) is -0.377. The van der Waals surface area contributed by atoms with Gasteiger partial charge in [-0.1, -0.05) is 23.7 Å². The Labute approximate surface area is 151 Å². The molecule has 132 valence electrons. The molecule has 0 saturated carbocycles. The maximum atomic E-state index is 13.8. The second-order valence-corrected chi connectivity index (χ2v) is 6.72. The van der Waals surface area contributed by atoms with Gasteiger partial charge >= 0.3 is 6.09 Å². The summed E-state index contributed by atoms with van der Waals surface area (Å²) in [5.41, 5.74) is 1.90. The molecule has 1 aliphatic heterocycles. The standard InChI is InChI=1S/C19H20ClFN2O2/c1-22-9-8-16(12-22)25-19(24)23(2)18-7-6-15(21)11-17(18)13-4-3-5-14(20)10-13/h3-7,10-11,16H,8-9,12H2,1-2H3/t16-/m1/s1. The first kappa shape index (κ1) is 17.7. The van der Waals surface area contributed by atoms with E-state index in [0.717, 1.165) is 25.1 Å². The van der Waals surface area contributed by atoms with E-state index in [1.54, 1.807) is 31.3 Å². The van der Waals surface area contributed by atoms with Crippen LogP contribution in [0.4, 0.5) is 14.9 Å². The van der Waals surface area contributed by atoms with Crippen molar-refractivity contribution in [2.45, 2.75) is 12.5 Å². The van der Waals surface area contributed by atoms with Gasteiger partial charge in [0.15, 0.2) is 0 Å². The third kappa shape index (κ3) is 4.11. The lowest BCUT2D eigenvalue weighted by molar-refractivity contribution is 0.110. The molecule has 1 atom stereocenters. The van der Waals surface area contributed by atoms with E-state index in [0.29, 0.717) is 16.3 Å². The highest BCUT2D eigenvalue weighted by Gasteiger charge is 2.26. The Bertz CT molecular complexity index is 784. The van der Waals surface area contributed by atoms with Crippen LogP contribution in [-0.2, 0) is 4.74 Å². The summed E-state index contributed by atoms with van der Waals surface area (Å²) in [6, 6.07) is 11.4. The van der Waals surface area contributed by atoms with Crippen LogP contribution in [0.5, 0.6) is 0 Å². The SMILES string of the molecule is CN1CC[C@@H](OC(=O)N(C)c2ccc(F)cc2-c2cccc(Cl)c2)C1. The summed E-state index contributed by atoms with van der Waals surface area (Å²) >= 11 is 6.05. The molecule has 1 aliphatic rings. The Hall–Kier alpha value is -2.11. The molecule has 0 unspecified atom stereocenters. The number of hydrogen-bond acceptors (Lipinski definition) is 3. The number of amides is 1. The van der Waals surface area contributed by atoms with Crippen molar-refractivity contribution < 1.29 is 13.9 Å². The van der Waals surface area contributed by atoms with Gasteiger partial charge in [-0.3, -0.25) is 4.90 Å². The largest absolute Gasteiger partial charge is 0.444 e. The van der Waals surface area contributed by atoms with Crippen LogP contribution in [0.1, 0.15) is 6.42 Å². The number of rotatable bonds is 3. The molecule has 2 aromatic carbocycles. The molecule has 1 amide bonds. The summed E-state index contributed by atoms with van der Waals surface area (Å²) in [7, 11) is 3.62. The van der Waals surface area contributed by atoms with Crippen molar-refractivity contribution >= 4 is 23.4 Å².